The molecule has 0 radical (unpaired) electrons. The second-order valence-corrected chi connectivity index (χ2v) is 6.02. The van der Waals surface area contributed by atoms with Gasteiger partial charge in [-0.3, -0.25) is 0 Å². The van der Waals surface area contributed by atoms with Crippen molar-refractivity contribution in [2.75, 3.05) is 20.6 Å². The maximum atomic E-state index is 10.8. The highest BCUT2D eigenvalue weighted by molar-refractivity contribution is 5.18. The van der Waals surface area contributed by atoms with Crippen molar-refractivity contribution < 1.29 is 10.2 Å². The minimum atomic E-state index is -0.867. The summed E-state index contributed by atoms with van der Waals surface area (Å²) in [6.07, 6.45) is 9.10. The summed E-state index contributed by atoms with van der Waals surface area (Å²) in [4.78, 5) is 2.17. The quantitative estimate of drug-likeness (QED) is 0.732. The predicted octanol–water partition coefficient (Wildman–Crippen LogP) is 1.55. The molecule has 98 valence electrons. The highest BCUT2D eigenvalue weighted by atomic mass is 16.4. The molecule has 0 aromatic carbocycles. The van der Waals surface area contributed by atoms with Crippen LogP contribution in [0.2, 0.25) is 0 Å². The minimum absolute atomic E-state index is 0.261. The first kappa shape index (κ1) is 13.1. The Kier molecular flexibility index (Phi) is 3.62. The molecule has 3 atom stereocenters. The third-order valence-electron chi connectivity index (χ3n) is 4.60. The third kappa shape index (κ3) is 2.28. The van der Waals surface area contributed by atoms with E-state index in [1.54, 1.807) is 0 Å². The van der Waals surface area contributed by atoms with Gasteiger partial charge in [0.25, 0.3) is 0 Å². The Morgan fingerprint density at radius 1 is 1.24 bits per heavy atom. The zero-order valence-corrected chi connectivity index (χ0v) is 11.0. The van der Waals surface area contributed by atoms with E-state index in [-0.39, 0.29) is 5.92 Å². The highest BCUT2D eigenvalue weighted by Gasteiger charge is 2.57. The van der Waals surface area contributed by atoms with Crippen LogP contribution < -0.4 is 0 Å². The predicted molar refractivity (Wildman–Crippen MR) is 68.8 cm³/mol. The standard InChI is InChI=1S/C14H25NO2/c1-15(2)11-5-6-12-7-10-13(16)8-3-4-9-14(12,13)17/h3-4,12,16-17H,5-11H2,1-2H3/t12-,13-,14+/m1/s1. The van der Waals surface area contributed by atoms with Crippen LogP contribution in [0.1, 0.15) is 38.5 Å². The summed E-state index contributed by atoms with van der Waals surface area (Å²) >= 11 is 0. The van der Waals surface area contributed by atoms with Crippen LogP contribution >= 0.6 is 0 Å². The van der Waals surface area contributed by atoms with E-state index in [2.05, 4.69) is 19.0 Å². The number of hydrogen-bond donors (Lipinski definition) is 2. The normalized spacial score (nSPS) is 40.9. The van der Waals surface area contributed by atoms with Crippen LogP contribution in [0.4, 0.5) is 0 Å². The lowest BCUT2D eigenvalue weighted by atomic mass is 9.72. The molecular weight excluding hydrogens is 214 g/mol. The van der Waals surface area contributed by atoms with Gasteiger partial charge in [-0.1, -0.05) is 12.2 Å². The molecule has 0 heterocycles. The fraction of sp³-hybridized carbons (Fsp3) is 0.857. The summed E-state index contributed by atoms with van der Waals surface area (Å²) in [6.45, 7) is 1.06. The monoisotopic (exact) mass is 239 g/mol. The molecule has 0 bridgehead atoms. The van der Waals surface area contributed by atoms with Gasteiger partial charge < -0.3 is 15.1 Å². The topological polar surface area (TPSA) is 43.7 Å². The van der Waals surface area contributed by atoms with Crippen molar-refractivity contribution in [3.05, 3.63) is 12.2 Å². The molecule has 2 aliphatic carbocycles. The summed E-state index contributed by atoms with van der Waals surface area (Å²) < 4.78 is 0. The van der Waals surface area contributed by atoms with Crippen LogP contribution in [-0.4, -0.2) is 47.0 Å². The van der Waals surface area contributed by atoms with Gasteiger partial charge in [0.2, 0.25) is 0 Å². The van der Waals surface area contributed by atoms with Gasteiger partial charge in [-0.2, -0.15) is 0 Å². The zero-order valence-electron chi connectivity index (χ0n) is 11.0. The van der Waals surface area contributed by atoms with Crippen molar-refractivity contribution in [2.45, 2.75) is 49.7 Å². The Balaban J connectivity index is 1.98. The van der Waals surface area contributed by atoms with Crippen LogP contribution in [0.25, 0.3) is 0 Å². The molecule has 0 spiro atoms. The van der Waals surface area contributed by atoms with E-state index in [9.17, 15) is 10.2 Å². The van der Waals surface area contributed by atoms with Crippen molar-refractivity contribution >= 4 is 0 Å². The van der Waals surface area contributed by atoms with Crippen LogP contribution in [-0.2, 0) is 0 Å². The van der Waals surface area contributed by atoms with Gasteiger partial charge in [-0.05, 0) is 65.1 Å². The van der Waals surface area contributed by atoms with Crippen molar-refractivity contribution in [1.82, 2.24) is 4.90 Å². The van der Waals surface area contributed by atoms with E-state index < -0.39 is 11.2 Å². The van der Waals surface area contributed by atoms with Gasteiger partial charge in [0.1, 0.15) is 0 Å². The minimum Gasteiger partial charge on any atom is -0.387 e. The average molecular weight is 239 g/mol. The second kappa shape index (κ2) is 4.71. The Hall–Kier alpha value is -0.380. The second-order valence-electron chi connectivity index (χ2n) is 6.02. The molecule has 0 unspecified atom stereocenters. The molecule has 0 amide bonds. The maximum Gasteiger partial charge on any atom is 0.0998 e. The first-order valence-electron chi connectivity index (χ1n) is 6.72. The molecular formula is C14H25NO2. The van der Waals surface area contributed by atoms with Crippen LogP contribution in [0, 0.1) is 5.92 Å². The SMILES string of the molecule is CN(C)CCC[C@@H]1CC[C@]2(O)CC=CC[C@]12O. The smallest absolute Gasteiger partial charge is 0.0998 e. The lowest BCUT2D eigenvalue weighted by Crippen LogP contribution is -2.54. The Morgan fingerprint density at radius 2 is 1.94 bits per heavy atom. The van der Waals surface area contributed by atoms with E-state index in [1.807, 2.05) is 12.2 Å². The summed E-state index contributed by atoms with van der Waals surface area (Å²) in [5.74, 6) is 0.261. The first-order chi connectivity index (χ1) is 7.98. The lowest BCUT2D eigenvalue weighted by molar-refractivity contribution is -0.152. The van der Waals surface area contributed by atoms with Crippen LogP contribution in [0.5, 0.6) is 0 Å². The molecule has 1 saturated carbocycles. The average Bonchev–Trinajstić information content (AvgIpc) is 2.52. The summed E-state index contributed by atoms with van der Waals surface area (Å²) in [5, 5.41) is 21.3. The van der Waals surface area contributed by atoms with Crippen molar-refractivity contribution in [3.8, 4) is 0 Å². The molecule has 0 aromatic rings. The first-order valence-corrected chi connectivity index (χ1v) is 6.72. The fourth-order valence-electron chi connectivity index (χ4n) is 3.46. The molecule has 2 aliphatic rings. The fourth-order valence-corrected chi connectivity index (χ4v) is 3.46. The molecule has 0 saturated heterocycles. The van der Waals surface area contributed by atoms with Gasteiger partial charge in [0, 0.05) is 0 Å². The lowest BCUT2D eigenvalue weighted by Gasteiger charge is -2.43. The Morgan fingerprint density at radius 3 is 2.65 bits per heavy atom. The molecule has 2 N–H and O–H groups in total. The van der Waals surface area contributed by atoms with Crippen LogP contribution in [0.15, 0.2) is 12.2 Å². The van der Waals surface area contributed by atoms with E-state index in [0.29, 0.717) is 12.8 Å². The van der Waals surface area contributed by atoms with E-state index >= 15 is 0 Å². The summed E-state index contributed by atoms with van der Waals surface area (Å²) in [6, 6.07) is 0. The number of hydrogen-bond acceptors (Lipinski definition) is 3. The molecule has 3 heteroatoms. The van der Waals surface area contributed by atoms with Crippen molar-refractivity contribution in [2.24, 2.45) is 5.92 Å². The van der Waals surface area contributed by atoms with E-state index in [1.165, 1.54) is 0 Å². The van der Waals surface area contributed by atoms with Gasteiger partial charge in [-0.25, -0.2) is 0 Å². The van der Waals surface area contributed by atoms with Crippen molar-refractivity contribution in [3.63, 3.8) is 0 Å². The van der Waals surface area contributed by atoms with E-state index in [4.69, 9.17) is 0 Å². The van der Waals surface area contributed by atoms with Gasteiger partial charge in [0.15, 0.2) is 0 Å². The van der Waals surface area contributed by atoms with Crippen LogP contribution in [0.3, 0.4) is 0 Å². The number of aliphatic hydroxyl groups is 2. The number of rotatable bonds is 4. The summed E-state index contributed by atoms with van der Waals surface area (Å²) in [7, 11) is 4.14. The number of nitrogens with zero attached hydrogens (tertiary/aromatic N) is 1. The summed E-state index contributed by atoms with van der Waals surface area (Å²) in [5.41, 5.74) is -1.72. The zero-order chi connectivity index (χ0) is 12.5. The molecule has 17 heavy (non-hydrogen) atoms. The van der Waals surface area contributed by atoms with Gasteiger partial charge in [0.05, 0.1) is 11.2 Å². The maximum absolute atomic E-state index is 10.8. The molecule has 1 fully saturated rings. The Bertz CT molecular complexity index is 303. The Labute approximate surface area is 104 Å². The molecule has 0 aliphatic heterocycles. The molecule has 2 rings (SSSR count). The molecule has 0 aromatic heterocycles. The number of fused-ring (bicyclic) bond motifs is 1. The highest BCUT2D eigenvalue weighted by Crippen LogP contribution is 2.51. The largest absolute Gasteiger partial charge is 0.387 e. The molecule has 3 nitrogen and oxygen atoms in total. The van der Waals surface area contributed by atoms with E-state index in [0.717, 1.165) is 32.2 Å². The van der Waals surface area contributed by atoms with Gasteiger partial charge >= 0.3 is 0 Å². The van der Waals surface area contributed by atoms with Crippen molar-refractivity contribution in [1.29, 1.82) is 0 Å². The van der Waals surface area contributed by atoms with Gasteiger partial charge in [-0.15, -0.1) is 0 Å². The third-order valence-corrected chi connectivity index (χ3v) is 4.60.